The van der Waals surface area contributed by atoms with Gasteiger partial charge in [0.25, 0.3) is 5.91 Å². The summed E-state index contributed by atoms with van der Waals surface area (Å²) < 4.78 is 5.79. The number of esters is 1. The molecule has 1 aliphatic heterocycles. The van der Waals surface area contributed by atoms with Crippen LogP contribution in [-0.2, 0) is 9.53 Å². The van der Waals surface area contributed by atoms with Gasteiger partial charge in [0, 0.05) is 18.5 Å². The van der Waals surface area contributed by atoms with Crippen molar-refractivity contribution < 1.29 is 14.3 Å². The third-order valence-corrected chi connectivity index (χ3v) is 4.61. The third-order valence-electron chi connectivity index (χ3n) is 2.82. The minimum atomic E-state index is -0.222. The second kappa shape index (κ2) is 5.34. The Morgan fingerprint density at radius 2 is 2.35 bits per heavy atom. The minimum Gasteiger partial charge on any atom is -0.469 e. The van der Waals surface area contributed by atoms with Crippen LogP contribution in [0.2, 0.25) is 0 Å². The van der Waals surface area contributed by atoms with Gasteiger partial charge in [0.15, 0.2) is 0 Å². The molecule has 0 aliphatic carbocycles. The Labute approximate surface area is 117 Å². The van der Waals surface area contributed by atoms with Gasteiger partial charge in [-0.05, 0) is 35.1 Å². The largest absolute Gasteiger partial charge is 0.469 e. The zero-order valence-electron chi connectivity index (χ0n) is 9.31. The zero-order chi connectivity index (χ0) is 12.4. The number of hydrogen-bond donors (Lipinski definition) is 0. The fraction of sp³-hybridized carbons (Fsp3) is 0.455. The van der Waals surface area contributed by atoms with Crippen LogP contribution in [0, 0.1) is 8.80 Å². The van der Waals surface area contributed by atoms with E-state index in [2.05, 4.69) is 22.6 Å². The average Bonchev–Trinajstić information content (AvgIpc) is 2.95. The van der Waals surface area contributed by atoms with E-state index in [-0.39, 0.29) is 17.8 Å². The molecule has 0 saturated carbocycles. The Morgan fingerprint density at radius 3 is 2.94 bits per heavy atom. The molecule has 0 aromatic carbocycles. The first-order chi connectivity index (χ1) is 8.11. The molecule has 2 heterocycles. The van der Waals surface area contributed by atoms with E-state index >= 15 is 0 Å². The number of carbonyl (C=O) groups excluding carboxylic acids is 2. The first-order valence-electron chi connectivity index (χ1n) is 5.23. The Hall–Kier alpha value is -0.630. The number of halogens is 1. The number of rotatable bonds is 2. The van der Waals surface area contributed by atoms with Crippen LogP contribution in [0.3, 0.4) is 0 Å². The summed E-state index contributed by atoms with van der Waals surface area (Å²) in [6, 6.07) is 1.87. The molecule has 17 heavy (non-hydrogen) atoms. The van der Waals surface area contributed by atoms with Gasteiger partial charge in [0.05, 0.1) is 21.5 Å². The van der Waals surface area contributed by atoms with Crippen LogP contribution in [0.15, 0.2) is 11.4 Å². The Balaban J connectivity index is 2.01. The zero-order valence-corrected chi connectivity index (χ0v) is 12.3. The topological polar surface area (TPSA) is 46.6 Å². The third kappa shape index (κ3) is 2.79. The highest BCUT2D eigenvalue weighted by molar-refractivity contribution is 14.1. The minimum absolute atomic E-state index is 0.00979. The maximum atomic E-state index is 12.1. The van der Waals surface area contributed by atoms with E-state index in [0.29, 0.717) is 25.1 Å². The molecule has 1 aliphatic rings. The SMILES string of the molecule is COC(=O)C1CCN(C(=O)c2csc(I)c2)C1. The van der Waals surface area contributed by atoms with Gasteiger partial charge in [-0.1, -0.05) is 0 Å². The second-order valence-electron chi connectivity index (χ2n) is 3.90. The van der Waals surface area contributed by atoms with E-state index in [0.717, 1.165) is 2.88 Å². The van der Waals surface area contributed by atoms with Crippen LogP contribution in [0.1, 0.15) is 16.8 Å². The van der Waals surface area contributed by atoms with Crippen molar-refractivity contribution >= 4 is 45.8 Å². The maximum absolute atomic E-state index is 12.1. The fourth-order valence-corrected chi connectivity index (χ4v) is 3.23. The lowest BCUT2D eigenvalue weighted by atomic mass is 10.1. The van der Waals surface area contributed by atoms with Gasteiger partial charge >= 0.3 is 5.97 Å². The molecule has 0 radical (unpaired) electrons. The highest BCUT2D eigenvalue weighted by atomic mass is 127. The number of carbonyl (C=O) groups is 2. The summed E-state index contributed by atoms with van der Waals surface area (Å²) in [5.74, 6) is -0.377. The van der Waals surface area contributed by atoms with Crippen molar-refractivity contribution in [2.24, 2.45) is 5.92 Å². The van der Waals surface area contributed by atoms with Gasteiger partial charge in [-0.2, -0.15) is 0 Å². The van der Waals surface area contributed by atoms with Crippen LogP contribution in [0.4, 0.5) is 0 Å². The van der Waals surface area contributed by atoms with E-state index in [1.807, 2.05) is 11.4 Å². The molecule has 1 fully saturated rings. The van der Waals surface area contributed by atoms with Crippen molar-refractivity contribution in [3.05, 3.63) is 19.9 Å². The number of ether oxygens (including phenoxy) is 1. The molecule has 0 N–H and O–H groups in total. The lowest BCUT2D eigenvalue weighted by Crippen LogP contribution is -2.29. The van der Waals surface area contributed by atoms with Gasteiger partial charge in [-0.3, -0.25) is 9.59 Å². The van der Waals surface area contributed by atoms with Crippen molar-refractivity contribution in [1.82, 2.24) is 4.90 Å². The normalized spacial score (nSPS) is 19.4. The standard InChI is InChI=1S/C11H12INO3S/c1-16-11(15)7-2-3-13(5-7)10(14)8-4-9(12)17-6-8/h4,6-7H,2-3,5H2,1H3. The van der Waals surface area contributed by atoms with E-state index in [1.54, 1.807) is 16.2 Å². The molecule has 0 bridgehead atoms. The van der Waals surface area contributed by atoms with Gasteiger partial charge in [-0.15, -0.1) is 11.3 Å². The first kappa shape index (κ1) is 12.8. The van der Waals surface area contributed by atoms with Crippen molar-refractivity contribution in [3.63, 3.8) is 0 Å². The van der Waals surface area contributed by atoms with Crippen molar-refractivity contribution in [3.8, 4) is 0 Å². The number of likely N-dealkylation sites (tertiary alicyclic amines) is 1. The Bertz CT molecular complexity index is 446. The molecule has 4 nitrogen and oxygen atoms in total. The molecule has 2 rings (SSSR count). The van der Waals surface area contributed by atoms with Crippen LogP contribution in [0.25, 0.3) is 0 Å². The lowest BCUT2D eigenvalue weighted by molar-refractivity contribution is -0.144. The van der Waals surface area contributed by atoms with Crippen LogP contribution < -0.4 is 0 Å². The van der Waals surface area contributed by atoms with Crippen molar-refractivity contribution in [1.29, 1.82) is 0 Å². The molecule has 1 aromatic heterocycles. The van der Waals surface area contributed by atoms with Crippen LogP contribution >= 0.6 is 33.9 Å². The number of amides is 1. The highest BCUT2D eigenvalue weighted by Gasteiger charge is 2.32. The Morgan fingerprint density at radius 1 is 1.59 bits per heavy atom. The molecular formula is C11H12INO3S. The second-order valence-corrected chi connectivity index (χ2v) is 6.70. The molecule has 1 unspecified atom stereocenters. The average molecular weight is 365 g/mol. The van der Waals surface area contributed by atoms with Gasteiger partial charge < -0.3 is 9.64 Å². The quantitative estimate of drug-likeness (QED) is 0.595. The van der Waals surface area contributed by atoms with Crippen LogP contribution in [0.5, 0.6) is 0 Å². The van der Waals surface area contributed by atoms with E-state index in [1.165, 1.54) is 7.11 Å². The first-order valence-corrected chi connectivity index (χ1v) is 7.19. The highest BCUT2D eigenvalue weighted by Crippen LogP contribution is 2.23. The summed E-state index contributed by atoms with van der Waals surface area (Å²) >= 11 is 3.74. The molecule has 1 saturated heterocycles. The van der Waals surface area contributed by atoms with Gasteiger partial charge in [0.2, 0.25) is 0 Å². The van der Waals surface area contributed by atoms with E-state index < -0.39 is 0 Å². The smallest absolute Gasteiger partial charge is 0.310 e. The molecule has 6 heteroatoms. The van der Waals surface area contributed by atoms with E-state index in [4.69, 9.17) is 4.74 Å². The molecule has 1 amide bonds. The van der Waals surface area contributed by atoms with E-state index in [9.17, 15) is 9.59 Å². The number of nitrogens with zero attached hydrogens (tertiary/aromatic N) is 1. The van der Waals surface area contributed by atoms with Crippen molar-refractivity contribution in [2.45, 2.75) is 6.42 Å². The summed E-state index contributed by atoms with van der Waals surface area (Å²) in [5.41, 5.74) is 0.713. The molecule has 0 spiro atoms. The summed E-state index contributed by atoms with van der Waals surface area (Å²) in [6.07, 6.45) is 0.694. The predicted octanol–water partition coefficient (Wildman–Crippen LogP) is 1.99. The Kier molecular flexibility index (Phi) is 4.03. The monoisotopic (exact) mass is 365 g/mol. The van der Waals surface area contributed by atoms with Gasteiger partial charge in [0.1, 0.15) is 0 Å². The van der Waals surface area contributed by atoms with Crippen molar-refractivity contribution in [2.75, 3.05) is 20.2 Å². The van der Waals surface area contributed by atoms with Crippen LogP contribution in [-0.4, -0.2) is 37.0 Å². The number of methoxy groups -OCH3 is 1. The molecule has 92 valence electrons. The summed E-state index contributed by atoms with van der Waals surface area (Å²) in [5, 5.41) is 1.86. The molecular weight excluding hydrogens is 353 g/mol. The number of hydrogen-bond acceptors (Lipinski definition) is 4. The number of thiophene rings is 1. The molecule has 1 atom stereocenters. The lowest BCUT2D eigenvalue weighted by Gasteiger charge is -2.14. The van der Waals surface area contributed by atoms with Gasteiger partial charge in [-0.25, -0.2) is 0 Å². The molecule has 1 aromatic rings. The summed E-state index contributed by atoms with van der Waals surface area (Å²) in [4.78, 5) is 25.2. The fourth-order valence-electron chi connectivity index (χ4n) is 1.91. The maximum Gasteiger partial charge on any atom is 0.310 e. The summed E-state index contributed by atoms with van der Waals surface area (Å²) in [7, 11) is 1.38. The predicted molar refractivity (Wildman–Crippen MR) is 73.1 cm³/mol. The summed E-state index contributed by atoms with van der Waals surface area (Å²) in [6.45, 7) is 1.10.